The van der Waals surface area contributed by atoms with Crippen LogP contribution in [0.1, 0.15) is 22.3 Å². The molecule has 0 saturated heterocycles. The van der Waals surface area contributed by atoms with Gasteiger partial charge in [-0.05, 0) is 42.0 Å². The number of ether oxygens (including phenoxy) is 1. The van der Waals surface area contributed by atoms with Crippen LogP contribution >= 0.6 is 23.2 Å². The first kappa shape index (κ1) is 23.0. The van der Waals surface area contributed by atoms with Crippen molar-refractivity contribution < 1.29 is 23.4 Å². The van der Waals surface area contributed by atoms with Gasteiger partial charge in [0.25, 0.3) is 0 Å². The number of hydrogen-bond donors (Lipinski definition) is 2. The molecule has 3 aromatic carbocycles. The lowest BCUT2D eigenvalue weighted by Gasteiger charge is -2.30. The summed E-state index contributed by atoms with van der Waals surface area (Å²) in [7, 11) is 0. The van der Waals surface area contributed by atoms with Crippen LogP contribution < -0.4 is 5.32 Å². The average Bonchev–Trinajstić information content (AvgIpc) is 2.77. The molecule has 8 heteroatoms. The molecule has 0 spiro atoms. The molecule has 0 aromatic heterocycles. The van der Waals surface area contributed by atoms with Crippen molar-refractivity contribution in [3.8, 4) is 0 Å². The van der Waals surface area contributed by atoms with Gasteiger partial charge in [0.1, 0.15) is 5.60 Å². The maximum absolute atomic E-state index is 13.5. The van der Waals surface area contributed by atoms with E-state index in [0.717, 1.165) is 12.1 Å². The van der Waals surface area contributed by atoms with E-state index < -0.39 is 23.2 Å². The van der Waals surface area contributed by atoms with Gasteiger partial charge in [-0.1, -0.05) is 47.5 Å². The lowest BCUT2D eigenvalue weighted by atomic mass is 9.90. The molecule has 0 bridgehead atoms. The quantitative estimate of drug-likeness (QED) is 0.411. The molecule has 0 aliphatic heterocycles. The molecular formula is C23H19Cl2F2NO3. The summed E-state index contributed by atoms with van der Waals surface area (Å²) in [6.45, 7) is -0.178. The standard InChI is InChI=1S/C23H19Cl2F2NO3/c24-18-8-6-16(12-19(18)25)23(30,14-28-17-7-9-20(26)21(27)13-17)10-11-31-22(29)15-4-2-1-3-5-15/h1-9,12-13,28,30H,10-11,14H2. The van der Waals surface area contributed by atoms with E-state index in [1.807, 2.05) is 0 Å². The number of carbonyl (C=O) groups is 1. The second-order valence-corrected chi connectivity index (χ2v) is 7.71. The molecule has 162 valence electrons. The van der Waals surface area contributed by atoms with Crippen molar-refractivity contribution in [2.75, 3.05) is 18.5 Å². The minimum absolute atomic E-state index is 0.0141. The van der Waals surface area contributed by atoms with Gasteiger partial charge in [0.15, 0.2) is 11.6 Å². The van der Waals surface area contributed by atoms with E-state index in [1.54, 1.807) is 36.4 Å². The van der Waals surface area contributed by atoms with Crippen molar-refractivity contribution >= 4 is 34.9 Å². The highest BCUT2D eigenvalue weighted by Crippen LogP contribution is 2.31. The van der Waals surface area contributed by atoms with Crippen LogP contribution in [0.3, 0.4) is 0 Å². The Balaban J connectivity index is 1.75. The number of carbonyl (C=O) groups excluding carboxylic acids is 1. The third kappa shape index (κ3) is 5.94. The predicted molar refractivity (Wildman–Crippen MR) is 117 cm³/mol. The topological polar surface area (TPSA) is 58.6 Å². The van der Waals surface area contributed by atoms with Gasteiger partial charge in [-0.25, -0.2) is 13.6 Å². The molecule has 0 radical (unpaired) electrons. The van der Waals surface area contributed by atoms with Crippen LogP contribution in [-0.2, 0) is 10.3 Å². The van der Waals surface area contributed by atoms with E-state index in [1.165, 1.54) is 18.2 Å². The molecule has 0 aliphatic carbocycles. The zero-order chi connectivity index (χ0) is 22.4. The summed E-state index contributed by atoms with van der Waals surface area (Å²) in [6, 6.07) is 16.4. The summed E-state index contributed by atoms with van der Waals surface area (Å²) in [5.74, 6) is -2.51. The molecule has 0 amide bonds. The van der Waals surface area contributed by atoms with Crippen molar-refractivity contribution in [3.63, 3.8) is 0 Å². The summed E-state index contributed by atoms with van der Waals surface area (Å²) in [5, 5.41) is 14.8. The van der Waals surface area contributed by atoms with Crippen molar-refractivity contribution in [1.29, 1.82) is 0 Å². The van der Waals surface area contributed by atoms with Crippen LogP contribution in [0.15, 0.2) is 66.7 Å². The van der Waals surface area contributed by atoms with Gasteiger partial charge in [-0.15, -0.1) is 0 Å². The average molecular weight is 466 g/mol. The maximum Gasteiger partial charge on any atom is 0.338 e. The van der Waals surface area contributed by atoms with Gasteiger partial charge in [0.2, 0.25) is 0 Å². The zero-order valence-corrected chi connectivity index (χ0v) is 17.8. The fraction of sp³-hybridized carbons (Fsp3) is 0.174. The molecule has 2 N–H and O–H groups in total. The fourth-order valence-corrected chi connectivity index (χ4v) is 3.24. The molecule has 0 heterocycles. The Morgan fingerprint density at radius 1 is 0.968 bits per heavy atom. The molecular weight excluding hydrogens is 447 g/mol. The molecule has 0 aliphatic rings. The molecule has 31 heavy (non-hydrogen) atoms. The first-order valence-electron chi connectivity index (χ1n) is 9.37. The van der Waals surface area contributed by atoms with Gasteiger partial charge >= 0.3 is 5.97 Å². The minimum atomic E-state index is -1.55. The number of rotatable bonds is 8. The summed E-state index contributed by atoms with van der Waals surface area (Å²) in [5.41, 5.74) is -0.456. The highest BCUT2D eigenvalue weighted by molar-refractivity contribution is 6.42. The van der Waals surface area contributed by atoms with Gasteiger partial charge in [-0.2, -0.15) is 0 Å². The van der Waals surface area contributed by atoms with Crippen LogP contribution in [0, 0.1) is 11.6 Å². The van der Waals surface area contributed by atoms with E-state index in [9.17, 15) is 18.7 Å². The number of benzene rings is 3. The normalized spacial score (nSPS) is 12.8. The van der Waals surface area contributed by atoms with Gasteiger partial charge in [-0.3, -0.25) is 0 Å². The van der Waals surface area contributed by atoms with Gasteiger partial charge in [0.05, 0.1) is 22.2 Å². The summed E-state index contributed by atoms with van der Waals surface area (Å²) in [4.78, 5) is 12.2. The number of esters is 1. The third-order valence-electron chi connectivity index (χ3n) is 4.72. The Bertz CT molecular complexity index is 1070. The van der Waals surface area contributed by atoms with Crippen LogP contribution in [0.4, 0.5) is 14.5 Å². The Kier molecular flexibility index (Phi) is 7.49. The molecule has 3 aromatic rings. The second kappa shape index (κ2) is 10.1. The van der Waals surface area contributed by atoms with Crippen LogP contribution in [0.2, 0.25) is 10.0 Å². The molecule has 0 saturated carbocycles. The molecule has 0 fully saturated rings. The second-order valence-electron chi connectivity index (χ2n) is 6.89. The summed E-state index contributed by atoms with van der Waals surface area (Å²) >= 11 is 12.1. The number of nitrogens with one attached hydrogen (secondary N) is 1. The molecule has 1 atom stereocenters. The third-order valence-corrected chi connectivity index (χ3v) is 5.46. The highest BCUT2D eigenvalue weighted by atomic mass is 35.5. The summed E-state index contributed by atoms with van der Waals surface area (Å²) in [6.07, 6.45) is 0.0141. The first-order chi connectivity index (χ1) is 14.8. The molecule has 4 nitrogen and oxygen atoms in total. The van der Waals surface area contributed by atoms with Crippen molar-refractivity contribution in [2.45, 2.75) is 12.0 Å². The highest BCUT2D eigenvalue weighted by Gasteiger charge is 2.30. The van der Waals surface area contributed by atoms with E-state index in [2.05, 4.69) is 5.32 Å². The maximum atomic E-state index is 13.5. The van der Waals surface area contributed by atoms with E-state index in [4.69, 9.17) is 27.9 Å². The summed E-state index contributed by atoms with van der Waals surface area (Å²) < 4.78 is 32.0. The van der Waals surface area contributed by atoms with E-state index in [0.29, 0.717) is 16.1 Å². The monoisotopic (exact) mass is 465 g/mol. The van der Waals surface area contributed by atoms with Gasteiger partial charge in [0, 0.05) is 24.7 Å². The van der Waals surface area contributed by atoms with Crippen molar-refractivity contribution in [1.82, 2.24) is 0 Å². The van der Waals surface area contributed by atoms with Crippen LogP contribution in [0.5, 0.6) is 0 Å². The lowest BCUT2D eigenvalue weighted by molar-refractivity contribution is 0.00861. The van der Waals surface area contributed by atoms with Crippen LogP contribution in [-0.4, -0.2) is 24.2 Å². The molecule has 1 unspecified atom stereocenters. The smallest absolute Gasteiger partial charge is 0.338 e. The Morgan fingerprint density at radius 2 is 1.71 bits per heavy atom. The molecule has 3 rings (SSSR count). The van der Waals surface area contributed by atoms with Crippen molar-refractivity contribution in [2.24, 2.45) is 0 Å². The number of anilines is 1. The Hall–Kier alpha value is -2.67. The lowest BCUT2D eigenvalue weighted by Crippen LogP contribution is -2.36. The fourth-order valence-electron chi connectivity index (χ4n) is 2.94. The van der Waals surface area contributed by atoms with E-state index in [-0.39, 0.29) is 30.3 Å². The predicted octanol–water partition coefficient (Wildman–Crippen LogP) is 5.82. The van der Waals surface area contributed by atoms with Crippen molar-refractivity contribution in [3.05, 3.63) is 99.5 Å². The van der Waals surface area contributed by atoms with Gasteiger partial charge < -0.3 is 15.2 Å². The minimum Gasteiger partial charge on any atom is -0.462 e. The number of hydrogen-bond acceptors (Lipinski definition) is 4. The Labute approximate surface area is 188 Å². The van der Waals surface area contributed by atoms with Crippen LogP contribution in [0.25, 0.3) is 0 Å². The Morgan fingerprint density at radius 3 is 2.39 bits per heavy atom. The SMILES string of the molecule is O=C(OCCC(O)(CNc1ccc(F)c(F)c1)c1ccc(Cl)c(Cl)c1)c1ccccc1. The van der Waals surface area contributed by atoms with E-state index >= 15 is 0 Å². The number of halogens is 4. The number of aliphatic hydroxyl groups is 1. The first-order valence-corrected chi connectivity index (χ1v) is 10.1. The largest absolute Gasteiger partial charge is 0.462 e. The zero-order valence-electron chi connectivity index (χ0n) is 16.2.